The van der Waals surface area contributed by atoms with Crippen molar-refractivity contribution in [2.75, 3.05) is 11.7 Å². The molecule has 5 heteroatoms. The van der Waals surface area contributed by atoms with E-state index in [-0.39, 0.29) is 5.92 Å². The summed E-state index contributed by atoms with van der Waals surface area (Å²) in [6.45, 7) is 4.40. The van der Waals surface area contributed by atoms with Gasteiger partial charge in [0.05, 0.1) is 6.61 Å². The van der Waals surface area contributed by atoms with E-state index in [2.05, 4.69) is 30.2 Å². The van der Waals surface area contributed by atoms with Crippen molar-refractivity contribution in [2.45, 2.75) is 26.2 Å². The Balaban J connectivity index is 1.70. The maximum absolute atomic E-state index is 13.4. The largest absolute Gasteiger partial charge is 0.486 e. The third kappa shape index (κ3) is 4.14. The van der Waals surface area contributed by atoms with Gasteiger partial charge in [-0.25, -0.2) is 4.57 Å². The molecule has 2 unspecified atom stereocenters. The summed E-state index contributed by atoms with van der Waals surface area (Å²) in [5, 5.41) is 2.97. The number of anilines is 1. The molecular formula is C23H24NO3P. The Labute approximate surface area is 166 Å². The highest BCUT2D eigenvalue weighted by Crippen LogP contribution is 2.52. The minimum Gasteiger partial charge on any atom is -0.409 e. The summed E-state index contributed by atoms with van der Waals surface area (Å²) < 4.78 is 25.1. The molecule has 0 bridgehead atoms. The third-order valence-corrected chi connectivity index (χ3v) is 6.44. The predicted octanol–water partition coefficient (Wildman–Crippen LogP) is 6.45. The summed E-state index contributed by atoms with van der Waals surface area (Å²) in [6.07, 6.45) is 0.726. The first-order chi connectivity index (χ1) is 13.5. The first-order valence-electron chi connectivity index (χ1n) is 9.47. The molecule has 1 N–H and O–H groups in total. The van der Waals surface area contributed by atoms with Crippen LogP contribution in [0.25, 0.3) is 0 Å². The van der Waals surface area contributed by atoms with Gasteiger partial charge in [0, 0.05) is 17.2 Å². The van der Waals surface area contributed by atoms with Crippen LogP contribution in [0.1, 0.15) is 34.6 Å². The minimum atomic E-state index is -3.54. The van der Waals surface area contributed by atoms with Gasteiger partial charge >= 0.3 is 7.75 Å². The van der Waals surface area contributed by atoms with Crippen molar-refractivity contribution >= 4 is 13.4 Å². The third-order valence-electron chi connectivity index (χ3n) is 4.95. The molecule has 28 heavy (non-hydrogen) atoms. The molecule has 0 saturated heterocycles. The fourth-order valence-electron chi connectivity index (χ4n) is 3.50. The van der Waals surface area contributed by atoms with Crippen LogP contribution in [0.3, 0.4) is 0 Å². The molecule has 0 spiro atoms. The molecule has 4 nitrogen and oxygen atoms in total. The average molecular weight is 393 g/mol. The van der Waals surface area contributed by atoms with E-state index in [9.17, 15) is 4.57 Å². The lowest BCUT2D eigenvalue weighted by molar-refractivity contribution is 0.252. The van der Waals surface area contributed by atoms with Gasteiger partial charge in [-0.15, -0.1) is 0 Å². The van der Waals surface area contributed by atoms with Crippen LogP contribution in [0.15, 0.2) is 72.8 Å². The second-order valence-corrected chi connectivity index (χ2v) is 8.85. The zero-order valence-corrected chi connectivity index (χ0v) is 17.0. The molecule has 1 aliphatic rings. The highest BCUT2D eigenvalue weighted by molar-refractivity contribution is 7.55. The predicted molar refractivity (Wildman–Crippen MR) is 113 cm³/mol. The molecule has 2 atom stereocenters. The van der Waals surface area contributed by atoms with Crippen LogP contribution in [0.4, 0.5) is 5.69 Å². The van der Waals surface area contributed by atoms with Crippen molar-refractivity contribution in [2.24, 2.45) is 0 Å². The van der Waals surface area contributed by atoms with Crippen LogP contribution in [0.5, 0.6) is 5.75 Å². The average Bonchev–Trinajstić information content (AvgIpc) is 2.68. The van der Waals surface area contributed by atoms with Crippen LogP contribution >= 0.6 is 7.75 Å². The molecular weight excluding hydrogens is 369 g/mol. The zero-order chi connectivity index (χ0) is 19.6. The maximum Gasteiger partial charge on any atom is 0.486 e. The Morgan fingerprint density at radius 1 is 0.929 bits per heavy atom. The summed E-state index contributed by atoms with van der Waals surface area (Å²) in [4.78, 5) is 0. The first-order valence-corrected chi connectivity index (χ1v) is 11.0. The Bertz CT molecular complexity index is 1000. The summed E-state index contributed by atoms with van der Waals surface area (Å²) in [7, 11) is -3.54. The highest BCUT2D eigenvalue weighted by Gasteiger charge is 2.32. The van der Waals surface area contributed by atoms with Crippen LogP contribution in [-0.4, -0.2) is 6.61 Å². The van der Waals surface area contributed by atoms with Crippen LogP contribution in [-0.2, 0) is 9.09 Å². The molecule has 3 aromatic rings. The molecule has 1 aliphatic heterocycles. The fraction of sp³-hybridized carbons (Fsp3) is 0.217. The van der Waals surface area contributed by atoms with Gasteiger partial charge < -0.3 is 4.52 Å². The van der Waals surface area contributed by atoms with E-state index in [1.165, 1.54) is 5.56 Å². The van der Waals surface area contributed by atoms with E-state index >= 15 is 0 Å². The Morgan fingerprint density at radius 3 is 2.39 bits per heavy atom. The summed E-state index contributed by atoms with van der Waals surface area (Å²) in [5.74, 6) is 0.728. The van der Waals surface area contributed by atoms with Crippen LogP contribution in [0, 0.1) is 13.8 Å². The second kappa shape index (κ2) is 7.83. The summed E-state index contributed by atoms with van der Waals surface area (Å²) >= 11 is 0. The van der Waals surface area contributed by atoms with Crippen molar-refractivity contribution in [1.29, 1.82) is 0 Å². The van der Waals surface area contributed by atoms with Crippen LogP contribution in [0.2, 0.25) is 0 Å². The van der Waals surface area contributed by atoms with Gasteiger partial charge in [0.2, 0.25) is 0 Å². The van der Waals surface area contributed by atoms with Crippen molar-refractivity contribution in [3.8, 4) is 5.75 Å². The van der Waals surface area contributed by atoms with E-state index in [1.54, 1.807) is 0 Å². The number of fused-ring (bicyclic) bond motifs is 1. The topological polar surface area (TPSA) is 47.6 Å². The van der Waals surface area contributed by atoms with Gasteiger partial charge in [0.15, 0.2) is 0 Å². The zero-order valence-electron chi connectivity index (χ0n) is 16.1. The van der Waals surface area contributed by atoms with Gasteiger partial charge in [-0.1, -0.05) is 65.7 Å². The van der Waals surface area contributed by atoms with Crippen molar-refractivity contribution in [3.05, 3.63) is 95.1 Å². The molecule has 144 valence electrons. The minimum absolute atomic E-state index is 0.129. The van der Waals surface area contributed by atoms with Crippen molar-refractivity contribution < 1.29 is 13.6 Å². The molecule has 0 aliphatic carbocycles. The molecule has 0 amide bonds. The van der Waals surface area contributed by atoms with Gasteiger partial charge in [0.25, 0.3) is 0 Å². The smallest absolute Gasteiger partial charge is 0.409 e. The SMILES string of the molecule is Cc1ccc(NP2(=O)OCCC(c3ccccc3)c3cc(C)ccc3O2)cc1. The van der Waals surface area contributed by atoms with E-state index in [1.807, 2.05) is 61.5 Å². The van der Waals surface area contributed by atoms with Gasteiger partial charge in [-0.05, 0) is 44.0 Å². The number of aryl methyl sites for hydroxylation is 2. The number of hydrogen-bond donors (Lipinski definition) is 1. The standard InChI is InChI=1S/C23H24NO3P/c1-17-8-11-20(12-9-17)24-28(25)26-15-14-21(19-6-4-3-5-7-19)22-16-18(2)10-13-23(22)27-28/h3-13,16,21H,14-15H2,1-2H3,(H,24,25). The fourth-order valence-corrected chi connectivity index (χ4v) is 4.90. The van der Waals surface area contributed by atoms with Crippen molar-refractivity contribution in [1.82, 2.24) is 0 Å². The van der Waals surface area contributed by atoms with Gasteiger partial charge in [-0.3, -0.25) is 9.61 Å². The van der Waals surface area contributed by atoms with E-state index in [4.69, 9.17) is 9.05 Å². The lowest BCUT2D eigenvalue weighted by atomic mass is 9.87. The van der Waals surface area contributed by atoms with E-state index in [0.29, 0.717) is 18.0 Å². The number of rotatable bonds is 3. The van der Waals surface area contributed by atoms with E-state index < -0.39 is 7.75 Å². The lowest BCUT2D eigenvalue weighted by Crippen LogP contribution is -2.16. The Kier molecular flexibility index (Phi) is 5.25. The maximum atomic E-state index is 13.4. The monoisotopic (exact) mass is 393 g/mol. The molecule has 0 aromatic heterocycles. The summed E-state index contributed by atoms with van der Waals surface area (Å²) in [5.41, 5.74) is 5.23. The van der Waals surface area contributed by atoms with Gasteiger partial charge in [0.1, 0.15) is 5.75 Å². The molecule has 1 heterocycles. The normalized spacial score (nSPS) is 21.7. The molecule has 0 saturated carbocycles. The molecule has 0 fully saturated rings. The highest BCUT2D eigenvalue weighted by atomic mass is 31.2. The molecule has 4 rings (SSSR count). The lowest BCUT2D eigenvalue weighted by Gasteiger charge is -2.29. The number of benzene rings is 3. The number of hydrogen-bond acceptors (Lipinski definition) is 3. The first kappa shape index (κ1) is 18.8. The van der Waals surface area contributed by atoms with Crippen LogP contribution < -0.4 is 9.61 Å². The van der Waals surface area contributed by atoms with Gasteiger partial charge in [-0.2, -0.15) is 0 Å². The molecule has 3 aromatic carbocycles. The van der Waals surface area contributed by atoms with Crippen molar-refractivity contribution in [3.63, 3.8) is 0 Å². The quantitative estimate of drug-likeness (QED) is 0.519. The molecule has 0 radical (unpaired) electrons. The second-order valence-electron chi connectivity index (χ2n) is 7.19. The summed E-state index contributed by atoms with van der Waals surface area (Å²) in [6, 6.07) is 24.0. The van der Waals surface area contributed by atoms with E-state index in [0.717, 1.165) is 23.1 Å². The number of nitrogens with one attached hydrogen (secondary N) is 1. The Hall–Kier alpha value is -2.55. The Morgan fingerprint density at radius 2 is 1.64 bits per heavy atom.